The zero-order chi connectivity index (χ0) is 27.6. The topological polar surface area (TPSA) is 102 Å². The summed E-state index contributed by atoms with van der Waals surface area (Å²) in [5, 5.41) is 5.64. The van der Waals surface area contributed by atoms with Crippen molar-refractivity contribution < 1.29 is 19.1 Å². The summed E-state index contributed by atoms with van der Waals surface area (Å²) < 4.78 is 11.0. The van der Waals surface area contributed by atoms with Crippen molar-refractivity contribution in [1.29, 1.82) is 0 Å². The first kappa shape index (κ1) is 26.1. The van der Waals surface area contributed by atoms with Gasteiger partial charge < -0.3 is 20.1 Å². The highest BCUT2D eigenvalue weighted by atomic mass is 16.5. The quantitative estimate of drug-likeness (QED) is 0.235. The Hall–Kier alpha value is -5.50. The number of anilines is 2. The van der Waals surface area contributed by atoms with Crippen molar-refractivity contribution in [2.24, 2.45) is 0 Å². The van der Waals surface area contributed by atoms with Gasteiger partial charge in [0.05, 0.1) is 0 Å². The van der Waals surface area contributed by atoms with Crippen LogP contribution < -0.4 is 20.1 Å². The predicted octanol–water partition coefficient (Wildman–Crippen LogP) is 5.85. The molecule has 0 spiro atoms. The largest absolute Gasteiger partial charge is 0.484 e. The molecular weight excluding hydrogens is 504 g/mol. The molecule has 0 aliphatic carbocycles. The van der Waals surface area contributed by atoms with Crippen LogP contribution in [0.15, 0.2) is 122 Å². The SMILES string of the molecule is O=C(COc1ccccc1)Nc1ccc(-c2cnc(-c3ccc(NC(=O)COc4ccccc4)cc3)nc2)cc1. The lowest BCUT2D eigenvalue weighted by Crippen LogP contribution is -2.20. The van der Waals surface area contributed by atoms with Gasteiger partial charge in [0, 0.05) is 34.9 Å². The molecule has 40 heavy (non-hydrogen) atoms. The first-order chi connectivity index (χ1) is 19.6. The summed E-state index contributed by atoms with van der Waals surface area (Å²) in [7, 11) is 0. The van der Waals surface area contributed by atoms with Crippen molar-refractivity contribution >= 4 is 23.2 Å². The van der Waals surface area contributed by atoms with Crippen LogP contribution in [0.5, 0.6) is 11.5 Å². The van der Waals surface area contributed by atoms with Gasteiger partial charge in [-0.3, -0.25) is 9.59 Å². The molecule has 1 heterocycles. The summed E-state index contributed by atoms with van der Waals surface area (Å²) in [6, 6.07) is 33.1. The van der Waals surface area contributed by atoms with Crippen molar-refractivity contribution in [3.05, 3.63) is 122 Å². The van der Waals surface area contributed by atoms with Gasteiger partial charge >= 0.3 is 0 Å². The summed E-state index contributed by atoms with van der Waals surface area (Å²) in [6.07, 6.45) is 3.50. The maximum Gasteiger partial charge on any atom is 0.262 e. The number of benzene rings is 4. The molecule has 8 nitrogen and oxygen atoms in total. The predicted molar refractivity (Wildman–Crippen MR) is 154 cm³/mol. The molecule has 0 aliphatic rings. The van der Waals surface area contributed by atoms with Gasteiger partial charge in [-0.15, -0.1) is 0 Å². The van der Waals surface area contributed by atoms with Crippen LogP contribution in [0.3, 0.4) is 0 Å². The number of nitrogens with one attached hydrogen (secondary N) is 2. The molecular formula is C32H26N4O4. The van der Waals surface area contributed by atoms with Crippen LogP contribution in [-0.4, -0.2) is 35.0 Å². The van der Waals surface area contributed by atoms with Crippen LogP contribution in [0, 0.1) is 0 Å². The van der Waals surface area contributed by atoms with E-state index in [1.165, 1.54) is 0 Å². The Morgan fingerprint density at radius 1 is 0.525 bits per heavy atom. The number of rotatable bonds is 10. The zero-order valence-corrected chi connectivity index (χ0v) is 21.5. The van der Waals surface area contributed by atoms with E-state index in [1.807, 2.05) is 72.8 Å². The third kappa shape index (κ3) is 7.29. The molecule has 5 rings (SSSR count). The first-order valence-corrected chi connectivity index (χ1v) is 12.6. The minimum atomic E-state index is -0.247. The molecule has 2 amide bonds. The number of hydrogen-bond donors (Lipinski definition) is 2. The Morgan fingerprint density at radius 2 is 0.950 bits per heavy atom. The highest BCUT2D eigenvalue weighted by Gasteiger charge is 2.08. The number of para-hydroxylation sites is 2. The minimum absolute atomic E-state index is 0.0723. The van der Waals surface area contributed by atoms with Gasteiger partial charge in [-0.1, -0.05) is 48.5 Å². The van der Waals surface area contributed by atoms with Crippen molar-refractivity contribution in [1.82, 2.24) is 9.97 Å². The van der Waals surface area contributed by atoms with Gasteiger partial charge in [0.25, 0.3) is 11.8 Å². The molecule has 5 aromatic rings. The lowest BCUT2D eigenvalue weighted by molar-refractivity contribution is -0.118. The summed E-state index contributed by atoms with van der Waals surface area (Å²) in [5.41, 5.74) is 3.90. The molecule has 0 radical (unpaired) electrons. The summed E-state index contributed by atoms with van der Waals surface area (Å²) >= 11 is 0. The maximum absolute atomic E-state index is 12.2. The average molecular weight is 531 g/mol. The van der Waals surface area contributed by atoms with E-state index in [9.17, 15) is 9.59 Å². The third-order valence-corrected chi connectivity index (χ3v) is 5.81. The Balaban J connectivity index is 1.12. The van der Waals surface area contributed by atoms with E-state index in [2.05, 4.69) is 20.6 Å². The van der Waals surface area contributed by atoms with E-state index < -0.39 is 0 Å². The first-order valence-electron chi connectivity index (χ1n) is 12.6. The Morgan fingerprint density at radius 3 is 1.40 bits per heavy atom. The van der Waals surface area contributed by atoms with Gasteiger partial charge in [-0.05, 0) is 66.2 Å². The number of carbonyl (C=O) groups excluding carboxylic acids is 2. The number of carbonyl (C=O) groups is 2. The summed E-state index contributed by atoms with van der Waals surface area (Å²) in [6.45, 7) is -0.149. The summed E-state index contributed by atoms with van der Waals surface area (Å²) in [5.74, 6) is 1.36. The Bertz CT molecular complexity index is 1420. The highest BCUT2D eigenvalue weighted by Crippen LogP contribution is 2.23. The number of amides is 2. The number of ether oxygens (including phenoxy) is 2. The molecule has 8 heteroatoms. The van der Waals surface area contributed by atoms with E-state index in [-0.39, 0.29) is 25.0 Å². The molecule has 0 aliphatic heterocycles. The molecule has 198 valence electrons. The van der Waals surface area contributed by atoms with E-state index in [1.54, 1.807) is 48.8 Å². The lowest BCUT2D eigenvalue weighted by atomic mass is 10.1. The monoisotopic (exact) mass is 530 g/mol. The second kappa shape index (κ2) is 12.8. The Labute approximate surface area is 231 Å². The second-order valence-corrected chi connectivity index (χ2v) is 8.75. The molecule has 0 atom stereocenters. The van der Waals surface area contributed by atoms with E-state index in [4.69, 9.17) is 9.47 Å². The molecule has 0 fully saturated rings. The average Bonchev–Trinajstić information content (AvgIpc) is 3.01. The standard InChI is InChI=1S/C32H26N4O4/c37-30(21-39-28-7-3-1-4-8-28)35-26-15-11-23(12-16-26)25-19-33-32(34-20-25)24-13-17-27(18-14-24)36-31(38)22-40-29-9-5-2-6-10-29/h1-20H,21-22H2,(H,35,37)(H,36,38). The van der Waals surface area contributed by atoms with Gasteiger partial charge in [0.15, 0.2) is 19.0 Å². The van der Waals surface area contributed by atoms with Crippen molar-refractivity contribution in [2.75, 3.05) is 23.8 Å². The van der Waals surface area contributed by atoms with Crippen LogP contribution in [0.1, 0.15) is 0 Å². The van der Waals surface area contributed by atoms with Crippen molar-refractivity contribution in [3.63, 3.8) is 0 Å². The fourth-order valence-electron chi connectivity index (χ4n) is 3.80. The lowest BCUT2D eigenvalue weighted by Gasteiger charge is -2.09. The minimum Gasteiger partial charge on any atom is -0.484 e. The van der Waals surface area contributed by atoms with Crippen molar-refractivity contribution in [2.45, 2.75) is 0 Å². The van der Waals surface area contributed by atoms with Crippen LogP contribution in [-0.2, 0) is 9.59 Å². The summed E-state index contributed by atoms with van der Waals surface area (Å²) in [4.78, 5) is 33.4. The van der Waals surface area contributed by atoms with Crippen LogP contribution in [0.25, 0.3) is 22.5 Å². The molecule has 0 saturated heterocycles. The van der Waals surface area contributed by atoms with Crippen LogP contribution in [0.2, 0.25) is 0 Å². The molecule has 0 bridgehead atoms. The van der Waals surface area contributed by atoms with Crippen LogP contribution in [0.4, 0.5) is 11.4 Å². The smallest absolute Gasteiger partial charge is 0.262 e. The van der Waals surface area contributed by atoms with Gasteiger partial charge in [0.2, 0.25) is 0 Å². The zero-order valence-electron chi connectivity index (χ0n) is 21.5. The maximum atomic E-state index is 12.2. The third-order valence-electron chi connectivity index (χ3n) is 5.81. The van der Waals surface area contributed by atoms with E-state index in [0.29, 0.717) is 28.7 Å². The molecule has 0 saturated carbocycles. The fraction of sp³-hybridized carbons (Fsp3) is 0.0625. The van der Waals surface area contributed by atoms with Gasteiger partial charge in [-0.2, -0.15) is 0 Å². The molecule has 0 unspecified atom stereocenters. The van der Waals surface area contributed by atoms with Gasteiger partial charge in [-0.25, -0.2) is 9.97 Å². The van der Waals surface area contributed by atoms with Crippen LogP contribution >= 0.6 is 0 Å². The number of aromatic nitrogens is 2. The highest BCUT2D eigenvalue weighted by molar-refractivity contribution is 5.92. The van der Waals surface area contributed by atoms with E-state index >= 15 is 0 Å². The number of nitrogens with zero attached hydrogens (tertiary/aromatic N) is 2. The fourth-order valence-corrected chi connectivity index (χ4v) is 3.80. The Kier molecular flexibility index (Phi) is 8.38. The van der Waals surface area contributed by atoms with Crippen molar-refractivity contribution in [3.8, 4) is 34.0 Å². The molecule has 1 aromatic heterocycles. The van der Waals surface area contributed by atoms with Gasteiger partial charge in [0.1, 0.15) is 11.5 Å². The van der Waals surface area contributed by atoms with E-state index in [0.717, 1.165) is 16.7 Å². The number of hydrogen-bond acceptors (Lipinski definition) is 6. The molecule has 4 aromatic carbocycles. The second-order valence-electron chi connectivity index (χ2n) is 8.75. The normalized spacial score (nSPS) is 10.4. The molecule has 2 N–H and O–H groups in total.